The van der Waals surface area contributed by atoms with E-state index in [1.165, 1.54) is 40.7 Å². The van der Waals surface area contributed by atoms with Crippen LogP contribution in [-0.4, -0.2) is 23.5 Å². The fourth-order valence-electron chi connectivity index (χ4n) is 4.73. The lowest BCUT2D eigenvalue weighted by Gasteiger charge is -2.26. The SMILES string of the molecule is CCCCN(Cc1ccccc1)Cc1c(C)nc(-c2c(CC)cccc2CC)c(C)c1OC. The van der Waals surface area contributed by atoms with E-state index in [2.05, 4.69) is 88.0 Å². The number of hydrogen-bond donors (Lipinski definition) is 0. The summed E-state index contributed by atoms with van der Waals surface area (Å²) in [5.74, 6) is 0.986. The maximum atomic E-state index is 6.06. The van der Waals surface area contributed by atoms with Crippen LogP contribution in [0.4, 0.5) is 0 Å². The highest BCUT2D eigenvalue weighted by atomic mass is 16.5. The fraction of sp³-hybridized carbons (Fsp3) is 0.433. The lowest BCUT2D eigenvalue weighted by atomic mass is 9.91. The van der Waals surface area contributed by atoms with E-state index in [4.69, 9.17) is 9.72 Å². The van der Waals surface area contributed by atoms with Crippen molar-refractivity contribution in [1.82, 2.24) is 9.88 Å². The van der Waals surface area contributed by atoms with Gasteiger partial charge in [-0.15, -0.1) is 0 Å². The molecule has 1 aromatic heterocycles. The van der Waals surface area contributed by atoms with Gasteiger partial charge in [-0.3, -0.25) is 9.88 Å². The Kier molecular flexibility index (Phi) is 9.08. The van der Waals surface area contributed by atoms with Crippen molar-refractivity contribution < 1.29 is 4.74 Å². The first-order valence-corrected chi connectivity index (χ1v) is 12.4. The van der Waals surface area contributed by atoms with E-state index in [1.54, 1.807) is 7.11 Å². The standard InChI is InChI=1S/C30H40N2O/c1-7-10-19-32(20-24-15-12-11-13-16-24)21-27-23(5)31-29(22(4)30(27)33-6)28-25(8-2)17-14-18-26(28)9-3/h11-18H,7-10,19-21H2,1-6H3. The number of methoxy groups -OCH3 is 1. The van der Waals surface area contributed by atoms with Gasteiger partial charge in [-0.25, -0.2) is 0 Å². The minimum atomic E-state index is 0.841. The van der Waals surface area contributed by atoms with E-state index in [0.29, 0.717) is 0 Å². The number of pyridine rings is 1. The number of benzene rings is 2. The monoisotopic (exact) mass is 444 g/mol. The third-order valence-electron chi connectivity index (χ3n) is 6.58. The Morgan fingerprint density at radius 1 is 0.848 bits per heavy atom. The highest BCUT2D eigenvalue weighted by Crippen LogP contribution is 2.37. The molecular formula is C30H40N2O. The number of nitrogens with zero attached hydrogens (tertiary/aromatic N) is 2. The third kappa shape index (κ3) is 5.83. The van der Waals surface area contributed by atoms with Crippen LogP contribution >= 0.6 is 0 Å². The van der Waals surface area contributed by atoms with E-state index < -0.39 is 0 Å². The molecule has 3 heteroatoms. The molecule has 0 radical (unpaired) electrons. The average Bonchev–Trinajstić information content (AvgIpc) is 2.84. The molecule has 0 fully saturated rings. The fourth-order valence-corrected chi connectivity index (χ4v) is 4.73. The van der Waals surface area contributed by atoms with Crippen LogP contribution in [-0.2, 0) is 25.9 Å². The number of ether oxygens (including phenoxy) is 1. The van der Waals surface area contributed by atoms with E-state index in [1.807, 2.05) is 0 Å². The summed E-state index contributed by atoms with van der Waals surface area (Å²) in [5, 5.41) is 0. The summed E-state index contributed by atoms with van der Waals surface area (Å²) in [6.45, 7) is 13.8. The number of aryl methyl sites for hydroxylation is 3. The quantitative estimate of drug-likeness (QED) is 0.310. The van der Waals surface area contributed by atoms with Crippen molar-refractivity contribution in [2.24, 2.45) is 0 Å². The van der Waals surface area contributed by atoms with Gasteiger partial charge >= 0.3 is 0 Å². The van der Waals surface area contributed by atoms with Gasteiger partial charge in [0.05, 0.1) is 12.8 Å². The number of unbranched alkanes of at least 4 members (excludes halogenated alkanes) is 1. The molecule has 0 amide bonds. The Labute approximate surface area is 200 Å². The zero-order valence-electron chi connectivity index (χ0n) is 21.4. The second kappa shape index (κ2) is 12.0. The maximum Gasteiger partial charge on any atom is 0.130 e. The molecule has 1 heterocycles. The largest absolute Gasteiger partial charge is 0.496 e. The van der Waals surface area contributed by atoms with Crippen LogP contribution in [0.2, 0.25) is 0 Å². The van der Waals surface area contributed by atoms with Crippen molar-refractivity contribution >= 4 is 0 Å². The molecule has 0 bridgehead atoms. The average molecular weight is 445 g/mol. The molecule has 3 aromatic rings. The lowest BCUT2D eigenvalue weighted by Crippen LogP contribution is -2.25. The lowest BCUT2D eigenvalue weighted by molar-refractivity contribution is 0.247. The van der Waals surface area contributed by atoms with E-state index >= 15 is 0 Å². The van der Waals surface area contributed by atoms with Crippen molar-refractivity contribution in [2.45, 2.75) is 73.4 Å². The van der Waals surface area contributed by atoms with Gasteiger partial charge in [-0.05, 0) is 56.3 Å². The first-order chi connectivity index (χ1) is 16.0. The van der Waals surface area contributed by atoms with E-state index in [0.717, 1.165) is 55.2 Å². The Hall–Kier alpha value is -2.65. The van der Waals surface area contributed by atoms with Crippen molar-refractivity contribution in [3.8, 4) is 17.0 Å². The molecule has 0 atom stereocenters. The Balaban J connectivity index is 2.04. The van der Waals surface area contributed by atoms with Gasteiger partial charge in [0.1, 0.15) is 5.75 Å². The normalized spacial score (nSPS) is 11.2. The molecule has 176 valence electrons. The summed E-state index contributed by atoms with van der Waals surface area (Å²) in [6.07, 6.45) is 4.36. The Morgan fingerprint density at radius 2 is 1.52 bits per heavy atom. The van der Waals surface area contributed by atoms with Crippen molar-refractivity contribution in [1.29, 1.82) is 0 Å². The maximum absolute atomic E-state index is 6.06. The van der Waals surface area contributed by atoms with Gasteiger partial charge < -0.3 is 4.74 Å². The van der Waals surface area contributed by atoms with E-state index in [-0.39, 0.29) is 0 Å². The number of rotatable bonds is 11. The zero-order valence-corrected chi connectivity index (χ0v) is 21.4. The van der Waals surface area contributed by atoms with Crippen molar-refractivity contribution in [2.75, 3.05) is 13.7 Å². The van der Waals surface area contributed by atoms with Gasteiger partial charge in [0.15, 0.2) is 0 Å². The molecule has 0 N–H and O–H groups in total. The van der Waals surface area contributed by atoms with Gasteiger partial charge in [0.25, 0.3) is 0 Å². The zero-order chi connectivity index (χ0) is 23.8. The molecule has 0 aliphatic carbocycles. The predicted octanol–water partition coefficient (Wildman–Crippen LogP) is 7.30. The third-order valence-corrected chi connectivity index (χ3v) is 6.58. The minimum absolute atomic E-state index is 0.841. The summed E-state index contributed by atoms with van der Waals surface area (Å²) in [4.78, 5) is 7.73. The van der Waals surface area contributed by atoms with Crippen LogP contribution in [0.15, 0.2) is 48.5 Å². The highest BCUT2D eigenvalue weighted by Gasteiger charge is 2.21. The van der Waals surface area contributed by atoms with Crippen LogP contribution in [0.1, 0.15) is 67.1 Å². The predicted molar refractivity (Wildman–Crippen MR) is 140 cm³/mol. The van der Waals surface area contributed by atoms with Crippen LogP contribution in [0.25, 0.3) is 11.3 Å². The molecule has 0 unspecified atom stereocenters. The topological polar surface area (TPSA) is 25.4 Å². The van der Waals surface area contributed by atoms with Crippen LogP contribution in [0.3, 0.4) is 0 Å². The summed E-state index contributed by atoms with van der Waals surface area (Å²) in [5.41, 5.74) is 9.83. The van der Waals surface area contributed by atoms with Crippen LogP contribution < -0.4 is 4.74 Å². The van der Waals surface area contributed by atoms with Crippen molar-refractivity contribution in [3.63, 3.8) is 0 Å². The minimum Gasteiger partial charge on any atom is -0.496 e. The Bertz CT molecular complexity index is 1020. The summed E-state index contributed by atoms with van der Waals surface area (Å²) < 4.78 is 6.06. The molecule has 3 nitrogen and oxygen atoms in total. The summed E-state index contributed by atoms with van der Waals surface area (Å²) in [6, 6.07) is 17.4. The van der Waals surface area contributed by atoms with Gasteiger partial charge in [0.2, 0.25) is 0 Å². The van der Waals surface area contributed by atoms with Crippen LogP contribution in [0.5, 0.6) is 5.75 Å². The van der Waals surface area contributed by atoms with Crippen molar-refractivity contribution in [3.05, 3.63) is 82.0 Å². The first kappa shape index (κ1) is 25.0. The molecule has 33 heavy (non-hydrogen) atoms. The molecule has 0 saturated heterocycles. The molecular weight excluding hydrogens is 404 g/mol. The van der Waals surface area contributed by atoms with Gasteiger partial charge in [-0.1, -0.05) is 75.7 Å². The summed E-state index contributed by atoms with van der Waals surface area (Å²) in [7, 11) is 1.80. The van der Waals surface area contributed by atoms with E-state index in [9.17, 15) is 0 Å². The molecule has 0 saturated carbocycles. The number of aromatic nitrogens is 1. The first-order valence-electron chi connectivity index (χ1n) is 12.4. The molecule has 3 rings (SSSR count). The molecule has 2 aromatic carbocycles. The second-order valence-electron chi connectivity index (χ2n) is 8.89. The molecule has 0 spiro atoms. The highest BCUT2D eigenvalue weighted by molar-refractivity contribution is 5.73. The smallest absolute Gasteiger partial charge is 0.130 e. The van der Waals surface area contributed by atoms with Gasteiger partial charge in [-0.2, -0.15) is 0 Å². The summed E-state index contributed by atoms with van der Waals surface area (Å²) >= 11 is 0. The Morgan fingerprint density at radius 3 is 2.09 bits per heavy atom. The number of hydrogen-bond acceptors (Lipinski definition) is 3. The second-order valence-corrected chi connectivity index (χ2v) is 8.89. The molecule has 0 aliphatic rings. The van der Waals surface area contributed by atoms with Crippen LogP contribution in [0, 0.1) is 13.8 Å². The molecule has 0 aliphatic heterocycles. The van der Waals surface area contributed by atoms with Gasteiger partial charge in [0, 0.05) is 35.5 Å².